The zero-order valence-corrected chi connectivity index (χ0v) is 32.6. The molecule has 17 heteroatoms. The number of hydrogen-bond donors (Lipinski definition) is 4. The van der Waals surface area contributed by atoms with Crippen molar-refractivity contribution in [2.75, 3.05) is 40.6 Å². The van der Waals surface area contributed by atoms with Crippen LogP contribution in [0, 0.1) is 13.8 Å². The Balaban J connectivity index is 0.000000169. The molecule has 0 saturated carbocycles. The van der Waals surface area contributed by atoms with E-state index in [1.165, 1.54) is 0 Å². The van der Waals surface area contributed by atoms with Crippen LogP contribution in [0.15, 0.2) is 71.6 Å². The van der Waals surface area contributed by atoms with Crippen molar-refractivity contribution in [3.8, 4) is 11.5 Å². The van der Waals surface area contributed by atoms with Crippen LogP contribution in [0.4, 0.5) is 0 Å². The number of aromatic nitrogens is 10. The lowest BCUT2D eigenvalue weighted by Crippen LogP contribution is -2.06. The van der Waals surface area contributed by atoms with Gasteiger partial charge in [0.25, 0.3) is 0 Å². The molecule has 0 aliphatic heterocycles. The van der Waals surface area contributed by atoms with Gasteiger partial charge in [0, 0.05) is 81.1 Å². The average Bonchev–Trinajstić information content (AvgIpc) is 4.01. The first-order valence-corrected chi connectivity index (χ1v) is 20.0. The summed E-state index contributed by atoms with van der Waals surface area (Å²) in [6, 6.07) is 11.6. The molecule has 0 spiro atoms. The van der Waals surface area contributed by atoms with E-state index in [0.717, 1.165) is 96.3 Å². The van der Waals surface area contributed by atoms with Crippen molar-refractivity contribution in [3.05, 3.63) is 83.8 Å². The third-order valence-electron chi connectivity index (χ3n) is 8.85. The number of fused-ring (bicyclic) bond motifs is 4. The van der Waals surface area contributed by atoms with Crippen LogP contribution in [-0.2, 0) is 31.8 Å². The molecule has 2 aromatic carbocycles. The second-order valence-electron chi connectivity index (χ2n) is 12.6. The summed E-state index contributed by atoms with van der Waals surface area (Å²) in [4.78, 5) is 33.2. The van der Waals surface area contributed by atoms with Crippen LogP contribution in [-0.4, -0.2) is 94.9 Å². The number of nitrogens with one attached hydrogen (secondary N) is 4. The number of methoxy groups -OCH3 is 2. The van der Waals surface area contributed by atoms with Gasteiger partial charge in [-0.1, -0.05) is 11.8 Å². The second-order valence-corrected chi connectivity index (χ2v) is 14.9. The molecular weight excluding hydrogens is 741 g/mol. The number of rotatable bonds is 16. The topological polar surface area (TPSA) is 194 Å². The number of hydrogen-bond acceptors (Lipinski definition) is 12. The summed E-state index contributed by atoms with van der Waals surface area (Å²) >= 11 is 1.63. The molecule has 0 bridgehead atoms. The molecule has 0 aliphatic carbocycles. The fourth-order valence-corrected chi connectivity index (χ4v) is 7.81. The van der Waals surface area contributed by atoms with Crippen molar-refractivity contribution in [2.24, 2.45) is 0 Å². The van der Waals surface area contributed by atoms with Crippen LogP contribution in [0.3, 0.4) is 0 Å². The lowest BCUT2D eigenvalue weighted by Gasteiger charge is -2.11. The van der Waals surface area contributed by atoms with Crippen LogP contribution >= 0.6 is 11.8 Å². The summed E-state index contributed by atoms with van der Waals surface area (Å²) in [7, 11) is 1.97. The summed E-state index contributed by atoms with van der Waals surface area (Å²) in [5, 5.41) is 8.15. The minimum absolute atomic E-state index is 0.239. The van der Waals surface area contributed by atoms with Crippen molar-refractivity contribution in [2.45, 2.75) is 48.5 Å². The largest absolute Gasteiger partial charge is 0.493 e. The number of thioether (sulfide) groups is 1. The smallest absolute Gasteiger partial charge is 0.220 e. The highest BCUT2D eigenvalue weighted by atomic mass is 32.2. The van der Waals surface area contributed by atoms with Gasteiger partial charge in [0.15, 0.2) is 5.16 Å². The quantitative estimate of drug-likeness (QED) is 0.0598. The molecule has 0 radical (unpaired) electrons. The molecule has 0 amide bonds. The first-order valence-electron chi connectivity index (χ1n) is 17.7. The third kappa shape index (κ3) is 9.13. The van der Waals surface area contributed by atoms with E-state index in [9.17, 15) is 4.21 Å². The average molecular weight is 783 g/mol. The Labute approximate surface area is 323 Å². The molecule has 6 aromatic heterocycles. The summed E-state index contributed by atoms with van der Waals surface area (Å²) in [5.41, 5.74) is 9.86. The number of H-pyrrole nitrogens is 4. The minimum Gasteiger partial charge on any atom is -0.493 e. The SMILES string of the molecule is COCCCOc1ccnc(CS(=O)c2nc3cc4c[nH][nH]c4cc3n2)c1C.COCCCOc1ccnc(CSc2nc3cc4nc[nH]c4cc3[nH]2)c1C. The first-order chi connectivity index (χ1) is 26.9. The predicted molar refractivity (Wildman–Crippen MR) is 213 cm³/mol. The molecule has 1 atom stereocenters. The van der Waals surface area contributed by atoms with Gasteiger partial charge in [0.1, 0.15) is 11.5 Å². The van der Waals surface area contributed by atoms with Gasteiger partial charge in [0.05, 0.1) is 86.1 Å². The van der Waals surface area contributed by atoms with E-state index in [4.69, 9.17) is 18.9 Å². The fraction of sp³-hybridized carbons (Fsp3) is 0.316. The van der Waals surface area contributed by atoms with Crippen molar-refractivity contribution >= 4 is 66.6 Å². The van der Waals surface area contributed by atoms with Crippen LogP contribution in [0.5, 0.6) is 11.5 Å². The van der Waals surface area contributed by atoms with E-state index >= 15 is 0 Å². The van der Waals surface area contributed by atoms with Gasteiger partial charge >= 0.3 is 0 Å². The van der Waals surface area contributed by atoms with E-state index < -0.39 is 10.8 Å². The molecule has 0 aliphatic rings. The summed E-state index contributed by atoms with van der Waals surface area (Å²) in [6.45, 7) is 6.51. The van der Waals surface area contributed by atoms with Gasteiger partial charge in [-0.25, -0.2) is 19.9 Å². The Hall–Kier alpha value is -5.36. The van der Waals surface area contributed by atoms with E-state index in [-0.39, 0.29) is 5.75 Å². The number of ether oxygens (including phenoxy) is 4. The van der Waals surface area contributed by atoms with Crippen LogP contribution in [0.25, 0.3) is 44.0 Å². The lowest BCUT2D eigenvalue weighted by molar-refractivity contribution is 0.171. The van der Waals surface area contributed by atoms with Gasteiger partial charge in [-0.2, -0.15) is 0 Å². The summed E-state index contributed by atoms with van der Waals surface area (Å²) in [6.07, 6.45) is 8.68. The minimum atomic E-state index is -1.40. The van der Waals surface area contributed by atoms with E-state index in [2.05, 4.69) is 50.1 Å². The maximum absolute atomic E-state index is 12.9. The van der Waals surface area contributed by atoms with E-state index in [1.807, 2.05) is 56.4 Å². The molecule has 1 unspecified atom stereocenters. The zero-order chi connectivity index (χ0) is 38.1. The second kappa shape index (κ2) is 17.9. The van der Waals surface area contributed by atoms with E-state index in [0.29, 0.717) is 37.1 Å². The summed E-state index contributed by atoms with van der Waals surface area (Å²) < 4.78 is 34.6. The number of nitrogens with zero attached hydrogens (tertiary/aromatic N) is 6. The monoisotopic (exact) mass is 782 g/mol. The van der Waals surface area contributed by atoms with Gasteiger partial charge in [-0.3, -0.25) is 14.2 Å². The van der Waals surface area contributed by atoms with Crippen molar-refractivity contribution in [3.63, 3.8) is 0 Å². The lowest BCUT2D eigenvalue weighted by atomic mass is 10.2. The molecule has 0 saturated heterocycles. The van der Waals surface area contributed by atoms with Gasteiger partial charge in [-0.05, 0) is 50.2 Å². The number of aromatic amines is 4. The van der Waals surface area contributed by atoms with Crippen molar-refractivity contribution in [1.29, 1.82) is 0 Å². The maximum Gasteiger partial charge on any atom is 0.220 e. The molecule has 15 nitrogen and oxygen atoms in total. The third-order valence-corrected chi connectivity index (χ3v) is 10.9. The number of imidazole rings is 3. The normalized spacial score (nSPS) is 12.1. The predicted octanol–water partition coefficient (Wildman–Crippen LogP) is 6.72. The molecule has 8 rings (SSSR count). The molecule has 55 heavy (non-hydrogen) atoms. The van der Waals surface area contributed by atoms with Crippen molar-refractivity contribution in [1.82, 2.24) is 50.1 Å². The Bertz CT molecular complexity index is 2450. The number of pyridine rings is 2. The first kappa shape index (κ1) is 37.9. The fourth-order valence-electron chi connectivity index (χ4n) is 5.83. The maximum atomic E-state index is 12.9. The van der Waals surface area contributed by atoms with Gasteiger partial charge in [-0.15, -0.1) is 0 Å². The molecule has 286 valence electrons. The Morgan fingerprint density at radius 1 is 0.727 bits per heavy atom. The molecule has 6 heterocycles. The van der Waals surface area contributed by atoms with Crippen molar-refractivity contribution < 1.29 is 23.2 Å². The highest BCUT2D eigenvalue weighted by Gasteiger charge is 2.17. The highest BCUT2D eigenvalue weighted by Crippen LogP contribution is 2.29. The van der Waals surface area contributed by atoms with Gasteiger partial charge in [0.2, 0.25) is 5.16 Å². The molecule has 4 N–H and O–H groups in total. The van der Waals surface area contributed by atoms with Crippen LogP contribution in [0.2, 0.25) is 0 Å². The highest BCUT2D eigenvalue weighted by molar-refractivity contribution is 7.98. The zero-order valence-electron chi connectivity index (χ0n) is 31.0. The standard InChI is InChI=1S/C19H21N5O3S.C19H21N5O2S/c1-12-17(20-5-4-18(12)27-7-3-6-26-2)11-28(25)19-22-15-8-13-10-21-24-14(13)9-16(15)23-19;1-12-17(20-5-4-18(12)26-7-3-6-25-2)10-27-19-23-15-8-13-14(22-11-21-13)9-16(15)24-19/h4-5,8-10,21,24H,3,6-7,11H2,1-2H3;4-5,8-9,11H,3,6-7,10H2,1-2H3,(H,21,22)(H,23,24). The summed E-state index contributed by atoms with van der Waals surface area (Å²) in [5.74, 6) is 2.58. The molecule has 8 aromatic rings. The van der Waals surface area contributed by atoms with E-state index in [1.54, 1.807) is 44.7 Å². The van der Waals surface area contributed by atoms with Gasteiger partial charge < -0.3 is 39.1 Å². The Kier molecular flexibility index (Phi) is 12.3. The number of benzene rings is 2. The Morgan fingerprint density at radius 3 is 2.15 bits per heavy atom. The van der Waals surface area contributed by atoms with Crippen LogP contribution in [0.1, 0.15) is 35.4 Å². The van der Waals surface area contributed by atoms with Crippen LogP contribution < -0.4 is 9.47 Å². The Morgan fingerprint density at radius 2 is 1.42 bits per heavy atom. The molecular formula is C38H42N10O5S2. The molecule has 0 fully saturated rings.